The van der Waals surface area contributed by atoms with E-state index in [2.05, 4.69) is 70.2 Å². The Kier molecular flexibility index (Phi) is 8.04. The van der Waals surface area contributed by atoms with Gasteiger partial charge in [-0.15, -0.1) is 0 Å². The molecule has 4 rings (SSSR count). The van der Waals surface area contributed by atoms with E-state index in [-0.39, 0.29) is 11.8 Å². The maximum atomic E-state index is 11.0. The molecule has 3 heteroatoms. The first-order valence-corrected chi connectivity index (χ1v) is 13.6. The lowest BCUT2D eigenvalue weighted by molar-refractivity contribution is -0.136. The van der Waals surface area contributed by atoms with Gasteiger partial charge in [-0.2, -0.15) is 0 Å². The van der Waals surface area contributed by atoms with Crippen LogP contribution in [0.1, 0.15) is 85.8 Å². The van der Waals surface area contributed by atoms with Crippen molar-refractivity contribution < 1.29 is 15.0 Å². The van der Waals surface area contributed by atoms with Crippen LogP contribution in [-0.4, -0.2) is 21.8 Å². The van der Waals surface area contributed by atoms with Gasteiger partial charge in [-0.1, -0.05) is 99.5 Å². The fourth-order valence-electron chi connectivity index (χ4n) is 6.05. The molecular formula is C34H40O3. The van der Waals surface area contributed by atoms with Crippen LogP contribution < -0.4 is 0 Å². The lowest BCUT2D eigenvalue weighted by Crippen LogP contribution is -2.26. The van der Waals surface area contributed by atoms with E-state index in [0.717, 1.165) is 49.7 Å². The molecule has 0 amide bonds. The van der Waals surface area contributed by atoms with E-state index in [4.69, 9.17) is 5.11 Å². The van der Waals surface area contributed by atoms with Crippen LogP contribution in [0.15, 0.2) is 66.7 Å². The number of rotatable bonds is 9. The number of hydrogen-bond acceptors (Lipinski definition) is 2. The molecule has 1 aliphatic carbocycles. The summed E-state index contributed by atoms with van der Waals surface area (Å²) in [7, 11) is 0. The van der Waals surface area contributed by atoms with E-state index >= 15 is 0 Å². The molecule has 1 saturated carbocycles. The highest BCUT2D eigenvalue weighted by molar-refractivity contribution is 5.72. The molecule has 0 spiro atoms. The zero-order valence-electron chi connectivity index (χ0n) is 22.7. The number of benzene rings is 3. The normalized spacial score (nSPS) is 15.4. The van der Waals surface area contributed by atoms with Gasteiger partial charge in [0.15, 0.2) is 0 Å². The molecule has 0 radical (unpaired) electrons. The van der Waals surface area contributed by atoms with Gasteiger partial charge in [0, 0.05) is 5.41 Å². The van der Waals surface area contributed by atoms with Crippen molar-refractivity contribution in [3.8, 4) is 11.1 Å². The second-order valence-electron chi connectivity index (χ2n) is 10.8. The summed E-state index contributed by atoms with van der Waals surface area (Å²) in [6.45, 7) is 8.87. The van der Waals surface area contributed by atoms with Gasteiger partial charge in [0.05, 0.1) is 12.0 Å². The zero-order valence-corrected chi connectivity index (χ0v) is 22.7. The lowest BCUT2D eigenvalue weighted by atomic mass is 9.69. The predicted molar refractivity (Wildman–Crippen MR) is 153 cm³/mol. The SMILES string of the molecule is CCC(CC)(c1ccc(/C=C/C2(O)CCCC2)c(C)c1)c1ccc(-c2ccc(CC(=O)O)cc2)c(C)c1. The molecule has 2 N–H and O–H groups in total. The molecule has 0 atom stereocenters. The Morgan fingerprint density at radius 3 is 2.03 bits per heavy atom. The molecule has 3 aromatic carbocycles. The van der Waals surface area contributed by atoms with Crippen molar-refractivity contribution in [3.05, 3.63) is 100 Å². The van der Waals surface area contributed by atoms with Crippen LogP contribution in [0.4, 0.5) is 0 Å². The summed E-state index contributed by atoms with van der Waals surface area (Å²) in [4.78, 5) is 11.0. The van der Waals surface area contributed by atoms with Gasteiger partial charge in [-0.3, -0.25) is 4.79 Å². The van der Waals surface area contributed by atoms with Crippen molar-refractivity contribution in [1.82, 2.24) is 0 Å². The Balaban J connectivity index is 1.64. The smallest absolute Gasteiger partial charge is 0.307 e. The maximum Gasteiger partial charge on any atom is 0.307 e. The summed E-state index contributed by atoms with van der Waals surface area (Å²) in [5.41, 5.74) is 8.65. The first kappa shape index (κ1) is 26.9. The standard InChI is InChI=1S/C34H40O3/c1-5-34(6-2,29-14-13-27(24(3)21-29)17-20-33(37)18-7-8-19-33)30-15-16-31(25(4)22-30)28-11-9-26(10-12-28)23-32(35)36/h9-17,20-22,37H,5-8,18-19,23H2,1-4H3,(H,35,36)/b20-17+. The van der Waals surface area contributed by atoms with Crippen molar-refractivity contribution >= 4 is 12.0 Å². The number of carboxylic acid groups (broad SMARTS) is 1. The Morgan fingerprint density at radius 1 is 0.892 bits per heavy atom. The van der Waals surface area contributed by atoms with Crippen molar-refractivity contribution in [2.24, 2.45) is 0 Å². The van der Waals surface area contributed by atoms with Gasteiger partial charge in [-0.25, -0.2) is 0 Å². The quantitative estimate of drug-likeness (QED) is 0.315. The van der Waals surface area contributed by atoms with Gasteiger partial charge >= 0.3 is 5.97 Å². The second kappa shape index (κ2) is 11.1. The van der Waals surface area contributed by atoms with Gasteiger partial charge in [0.1, 0.15) is 0 Å². The number of carboxylic acids is 1. The Morgan fingerprint density at radius 2 is 1.49 bits per heavy atom. The fourth-order valence-corrected chi connectivity index (χ4v) is 6.05. The number of aryl methyl sites for hydroxylation is 2. The molecule has 0 saturated heterocycles. The Labute approximate surface area is 221 Å². The fraction of sp³-hybridized carbons (Fsp3) is 0.382. The minimum Gasteiger partial charge on any atom is -0.481 e. The molecule has 0 aliphatic heterocycles. The van der Waals surface area contributed by atoms with E-state index in [1.807, 2.05) is 30.3 Å². The average Bonchev–Trinajstić information content (AvgIpc) is 3.31. The number of aliphatic hydroxyl groups is 1. The van der Waals surface area contributed by atoms with Crippen LogP contribution in [0.25, 0.3) is 17.2 Å². The zero-order chi connectivity index (χ0) is 26.6. The molecule has 0 aromatic heterocycles. The van der Waals surface area contributed by atoms with Crippen LogP contribution in [0, 0.1) is 13.8 Å². The molecule has 0 unspecified atom stereocenters. The van der Waals surface area contributed by atoms with Crippen molar-refractivity contribution in [3.63, 3.8) is 0 Å². The third-order valence-corrected chi connectivity index (χ3v) is 8.47. The van der Waals surface area contributed by atoms with Crippen LogP contribution in [0.3, 0.4) is 0 Å². The molecule has 194 valence electrons. The summed E-state index contributed by atoms with van der Waals surface area (Å²) < 4.78 is 0. The Bertz CT molecular complexity index is 1270. The largest absolute Gasteiger partial charge is 0.481 e. The van der Waals surface area contributed by atoms with E-state index in [9.17, 15) is 9.90 Å². The molecule has 1 aliphatic rings. The van der Waals surface area contributed by atoms with E-state index in [1.54, 1.807) is 0 Å². The van der Waals surface area contributed by atoms with Crippen LogP contribution >= 0.6 is 0 Å². The third-order valence-electron chi connectivity index (χ3n) is 8.47. The molecule has 1 fully saturated rings. The highest BCUT2D eigenvalue weighted by atomic mass is 16.4. The van der Waals surface area contributed by atoms with Gasteiger partial charge in [0.2, 0.25) is 0 Å². The van der Waals surface area contributed by atoms with E-state index in [1.165, 1.54) is 33.4 Å². The summed E-state index contributed by atoms with van der Waals surface area (Å²) in [6.07, 6.45) is 10.1. The predicted octanol–water partition coefficient (Wildman–Crippen LogP) is 8.02. The maximum absolute atomic E-state index is 11.0. The van der Waals surface area contributed by atoms with Crippen molar-refractivity contribution in [2.75, 3.05) is 0 Å². The minimum absolute atomic E-state index is 0.0442. The lowest BCUT2D eigenvalue weighted by Gasteiger charge is -2.34. The number of hydrogen-bond donors (Lipinski definition) is 2. The van der Waals surface area contributed by atoms with Crippen LogP contribution in [0.5, 0.6) is 0 Å². The first-order valence-electron chi connectivity index (χ1n) is 13.6. The molecular weight excluding hydrogens is 456 g/mol. The first-order chi connectivity index (χ1) is 17.7. The second-order valence-corrected chi connectivity index (χ2v) is 10.8. The van der Waals surface area contributed by atoms with Gasteiger partial charge in [-0.05, 0) is 84.0 Å². The van der Waals surface area contributed by atoms with Crippen molar-refractivity contribution in [2.45, 2.75) is 83.7 Å². The third kappa shape index (κ3) is 5.72. The minimum atomic E-state index is -0.811. The van der Waals surface area contributed by atoms with E-state index < -0.39 is 11.6 Å². The highest BCUT2D eigenvalue weighted by Gasteiger charge is 2.32. The monoisotopic (exact) mass is 496 g/mol. The molecule has 0 bridgehead atoms. The number of carbonyl (C=O) groups is 1. The average molecular weight is 497 g/mol. The Hall–Kier alpha value is -3.17. The molecule has 0 heterocycles. The topological polar surface area (TPSA) is 57.5 Å². The van der Waals surface area contributed by atoms with Gasteiger partial charge < -0.3 is 10.2 Å². The van der Waals surface area contributed by atoms with E-state index in [0.29, 0.717) is 0 Å². The van der Waals surface area contributed by atoms with Crippen molar-refractivity contribution in [1.29, 1.82) is 0 Å². The summed E-state index contributed by atoms with van der Waals surface area (Å²) in [5, 5.41) is 19.8. The van der Waals surface area contributed by atoms with Crippen LogP contribution in [0.2, 0.25) is 0 Å². The number of aliphatic carboxylic acids is 1. The van der Waals surface area contributed by atoms with Gasteiger partial charge in [0.25, 0.3) is 0 Å². The molecule has 37 heavy (non-hydrogen) atoms. The molecule has 3 nitrogen and oxygen atoms in total. The molecule has 3 aromatic rings. The highest BCUT2D eigenvalue weighted by Crippen LogP contribution is 2.41. The summed E-state index contributed by atoms with van der Waals surface area (Å²) in [5.74, 6) is -0.811. The summed E-state index contributed by atoms with van der Waals surface area (Å²) >= 11 is 0. The van der Waals surface area contributed by atoms with Crippen LogP contribution in [-0.2, 0) is 16.6 Å². The summed E-state index contributed by atoms with van der Waals surface area (Å²) in [6, 6.07) is 21.5.